The van der Waals surface area contributed by atoms with Crippen molar-refractivity contribution in [3.8, 4) is 5.75 Å². The van der Waals surface area contributed by atoms with E-state index in [0.717, 1.165) is 11.4 Å². The standard InChI is InChI=1S/C23H29N3O4/c1-17(2)16-30-21-8-6-19(7-9-21)25-22(27)15-24-20-5-3-4-18(14-20)23(28)26-10-12-29-13-11-26/h3-9,14,17,24H,10-13,15-16H2,1-2H3,(H,25,27). The Balaban J connectivity index is 1.49. The van der Waals surface area contributed by atoms with Crippen LogP contribution in [0.5, 0.6) is 5.75 Å². The third-order valence-electron chi connectivity index (χ3n) is 4.58. The highest BCUT2D eigenvalue weighted by Crippen LogP contribution is 2.17. The zero-order valence-electron chi connectivity index (χ0n) is 17.5. The fourth-order valence-electron chi connectivity index (χ4n) is 3.00. The van der Waals surface area contributed by atoms with Crippen LogP contribution in [0.4, 0.5) is 11.4 Å². The van der Waals surface area contributed by atoms with Gasteiger partial charge in [0.05, 0.1) is 26.4 Å². The smallest absolute Gasteiger partial charge is 0.254 e. The monoisotopic (exact) mass is 411 g/mol. The van der Waals surface area contributed by atoms with Crippen LogP contribution >= 0.6 is 0 Å². The van der Waals surface area contributed by atoms with E-state index in [0.29, 0.717) is 50.1 Å². The number of ether oxygens (including phenoxy) is 2. The molecule has 7 heteroatoms. The predicted molar refractivity (Wildman–Crippen MR) is 117 cm³/mol. The molecule has 2 aromatic rings. The van der Waals surface area contributed by atoms with E-state index < -0.39 is 0 Å². The molecule has 30 heavy (non-hydrogen) atoms. The van der Waals surface area contributed by atoms with E-state index in [-0.39, 0.29) is 18.4 Å². The highest BCUT2D eigenvalue weighted by atomic mass is 16.5. The highest BCUT2D eigenvalue weighted by molar-refractivity contribution is 5.96. The number of benzene rings is 2. The topological polar surface area (TPSA) is 79.9 Å². The summed E-state index contributed by atoms with van der Waals surface area (Å²) in [6.45, 7) is 7.26. The van der Waals surface area contributed by atoms with Crippen LogP contribution in [0.25, 0.3) is 0 Å². The van der Waals surface area contributed by atoms with E-state index >= 15 is 0 Å². The Bertz CT molecular complexity index is 846. The molecule has 1 aliphatic heterocycles. The molecule has 0 spiro atoms. The van der Waals surface area contributed by atoms with Crippen LogP contribution in [-0.2, 0) is 9.53 Å². The molecule has 1 heterocycles. The molecular formula is C23H29N3O4. The minimum absolute atomic E-state index is 0.0221. The van der Waals surface area contributed by atoms with Gasteiger partial charge in [-0.15, -0.1) is 0 Å². The summed E-state index contributed by atoms with van der Waals surface area (Å²) >= 11 is 0. The largest absolute Gasteiger partial charge is 0.493 e. The zero-order valence-corrected chi connectivity index (χ0v) is 17.5. The van der Waals surface area contributed by atoms with Gasteiger partial charge in [0.15, 0.2) is 0 Å². The summed E-state index contributed by atoms with van der Waals surface area (Å²) in [5, 5.41) is 5.92. The van der Waals surface area contributed by atoms with Gasteiger partial charge < -0.3 is 25.0 Å². The number of carbonyl (C=O) groups excluding carboxylic acids is 2. The minimum atomic E-state index is -0.171. The number of hydrogen-bond donors (Lipinski definition) is 2. The summed E-state index contributed by atoms with van der Waals surface area (Å²) in [6, 6.07) is 14.5. The Hall–Kier alpha value is -3.06. The number of carbonyl (C=O) groups is 2. The second-order valence-corrected chi connectivity index (χ2v) is 7.62. The lowest BCUT2D eigenvalue weighted by atomic mass is 10.1. The minimum Gasteiger partial charge on any atom is -0.493 e. The van der Waals surface area contributed by atoms with Crippen LogP contribution < -0.4 is 15.4 Å². The van der Waals surface area contributed by atoms with Gasteiger partial charge in [-0.1, -0.05) is 19.9 Å². The van der Waals surface area contributed by atoms with Crippen molar-refractivity contribution in [2.24, 2.45) is 5.92 Å². The van der Waals surface area contributed by atoms with E-state index in [2.05, 4.69) is 24.5 Å². The number of hydrogen-bond acceptors (Lipinski definition) is 5. The van der Waals surface area contributed by atoms with Crippen molar-refractivity contribution in [1.29, 1.82) is 0 Å². The Kier molecular flexibility index (Phi) is 7.68. The molecule has 0 aromatic heterocycles. The quantitative estimate of drug-likeness (QED) is 0.697. The molecule has 2 N–H and O–H groups in total. The fourth-order valence-corrected chi connectivity index (χ4v) is 3.00. The first kappa shape index (κ1) is 21.6. The Morgan fingerprint density at radius 1 is 1.07 bits per heavy atom. The third-order valence-corrected chi connectivity index (χ3v) is 4.58. The maximum absolute atomic E-state index is 12.6. The first-order valence-electron chi connectivity index (χ1n) is 10.2. The molecule has 0 unspecified atom stereocenters. The molecule has 0 aliphatic carbocycles. The van der Waals surface area contributed by atoms with Crippen LogP contribution in [0.15, 0.2) is 48.5 Å². The Labute approximate surface area is 177 Å². The molecule has 7 nitrogen and oxygen atoms in total. The second kappa shape index (κ2) is 10.6. The van der Waals surface area contributed by atoms with E-state index in [4.69, 9.17) is 9.47 Å². The van der Waals surface area contributed by atoms with Gasteiger partial charge in [0.25, 0.3) is 5.91 Å². The average molecular weight is 412 g/mol. The van der Waals surface area contributed by atoms with E-state index in [1.165, 1.54) is 0 Å². The Morgan fingerprint density at radius 3 is 2.50 bits per heavy atom. The van der Waals surface area contributed by atoms with Gasteiger partial charge in [0.2, 0.25) is 5.91 Å². The summed E-state index contributed by atoms with van der Waals surface area (Å²) < 4.78 is 10.9. The molecule has 1 aliphatic rings. The molecule has 1 saturated heterocycles. The Morgan fingerprint density at radius 2 is 1.80 bits per heavy atom. The highest BCUT2D eigenvalue weighted by Gasteiger charge is 2.18. The normalized spacial score (nSPS) is 13.8. The molecule has 1 fully saturated rings. The van der Waals surface area contributed by atoms with Gasteiger partial charge in [0, 0.05) is 30.0 Å². The molecule has 0 atom stereocenters. The van der Waals surface area contributed by atoms with E-state index in [1.54, 1.807) is 17.0 Å². The number of morpholine rings is 1. The van der Waals surface area contributed by atoms with Gasteiger partial charge in [-0.05, 0) is 48.4 Å². The van der Waals surface area contributed by atoms with Gasteiger partial charge >= 0.3 is 0 Å². The van der Waals surface area contributed by atoms with E-state index in [1.807, 2.05) is 36.4 Å². The van der Waals surface area contributed by atoms with Crippen LogP contribution in [0.1, 0.15) is 24.2 Å². The van der Waals surface area contributed by atoms with Crippen LogP contribution in [0, 0.1) is 5.92 Å². The lowest BCUT2D eigenvalue weighted by Gasteiger charge is -2.27. The van der Waals surface area contributed by atoms with Crippen molar-refractivity contribution < 1.29 is 19.1 Å². The number of nitrogens with zero attached hydrogens (tertiary/aromatic N) is 1. The van der Waals surface area contributed by atoms with Gasteiger partial charge in [-0.2, -0.15) is 0 Å². The molecule has 160 valence electrons. The van der Waals surface area contributed by atoms with Gasteiger partial charge in [-0.25, -0.2) is 0 Å². The number of rotatable bonds is 8. The van der Waals surface area contributed by atoms with Crippen molar-refractivity contribution in [3.05, 3.63) is 54.1 Å². The molecule has 0 radical (unpaired) electrons. The average Bonchev–Trinajstić information content (AvgIpc) is 2.77. The maximum atomic E-state index is 12.6. The van der Waals surface area contributed by atoms with Crippen LogP contribution in [0.2, 0.25) is 0 Å². The third kappa shape index (κ3) is 6.49. The second-order valence-electron chi connectivity index (χ2n) is 7.62. The van der Waals surface area contributed by atoms with Crippen LogP contribution in [-0.4, -0.2) is 56.2 Å². The van der Waals surface area contributed by atoms with Crippen molar-refractivity contribution in [2.45, 2.75) is 13.8 Å². The number of anilines is 2. The summed E-state index contributed by atoms with van der Waals surface area (Å²) in [5.74, 6) is 1.04. The summed E-state index contributed by atoms with van der Waals surface area (Å²) in [7, 11) is 0. The molecular weight excluding hydrogens is 382 g/mol. The molecule has 3 rings (SSSR count). The molecule has 2 amide bonds. The fraction of sp³-hybridized carbons (Fsp3) is 0.391. The summed E-state index contributed by atoms with van der Waals surface area (Å²) in [4.78, 5) is 26.6. The molecule has 0 saturated carbocycles. The lowest BCUT2D eigenvalue weighted by molar-refractivity contribution is -0.114. The summed E-state index contributed by atoms with van der Waals surface area (Å²) in [5.41, 5.74) is 2.02. The first-order valence-corrected chi connectivity index (χ1v) is 10.2. The molecule has 2 aromatic carbocycles. The van der Waals surface area contributed by atoms with Crippen molar-refractivity contribution >= 4 is 23.2 Å². The lowest BCUT2D eigenvalue weighted by Crippen LogP contribution is -2.40. The maximum Gasteiger partial charge on any atom is 0.254 e. The molecule has 0 bridgehead atoms. The number of amides is 2. The van der Waals surface area contributed by atoms with Gasteiger partial charge in [0.1, 0.15) is 5.75 Å². The zero-order chi connectivity index (χ0) is 21.3. The first-order chi connectivity index (χ1) is 14.5. The van der Waals surface area contributed by atoms with Crippen molar-refractivity contribution in [3.63, 3.8) is 0 Å². The summed E-state index contributed by atoms with van der Waals surface area (Å²) in [6.07, 6.45) is 0. The predicted octanol–water partition coefficient (Wildman–Crippen LogP) is 3.24. The van der Waals surface area contributed by atoms with Crippen molar-refractivity contribution in [2.75, 3.05) is 50.1 Å². The van der Waals surface area contributed by atoms with Crippen molar-refractivity contribution in [1.82, 2.24) is 4.90 Å². The van der Waals surface area contributed by atoms with Crippen LogP contribution in [0.3, 0.4) is 0 Å². The SMILES string of the molecule is CC(C)COc1ccc(NC(=O)CNc2cccc(C(=O)N3CCOCC3)c2)cc1. The number of nitrogens with one attached hydrogen (secondary N) is 2. The van der Waals surface area contributed by atoms with E-state index in [9.17, 15) is 9.59 Å². The van der Waals surface area contributed by atoms with Gasteiger partial charge in [-0.3, -0.25) is 9.59 Å².